The molecular weight excluding hydrogens is 429 g/mol. The van der Waals surface area contributed by atoms with Gasteiger partial charge in [-0.15, -0.1) is 0 Å². The first-order valence-electron chi connectivity index (χ1n) is 11.2. The summed E-state index contributed by atoms with van der Waals surface area (Å²) in [4.78, 5) is 7.97. The molecule has 1 saturated carbocycles. The molecule has 1 aliphatic carbocycles. The lowest BCUT2D eigenvalue weighted by Gasteiger charge is -2.23. The first kappa shape index (κ1) is 22.9. The molecule has 0 spiro atoms. The standard InChI is InChI=1S/C25H27F3N4O/c1-2-17-8-10-19(11-9-17)31-24-29-16-22(25(26,27)28)23(32-24)30-18-12-14-21(15-13-18)33-20-6-4-3-5-7-20/h8-16,20H,2-7H2,1H3,(H2,29,30,31,32). The molecule has 174 valence electrons. The SMILES string of the molecule is CCc1ccc(Nc2ncc(C(F)(F)F)c(Nc3ccc(OC4CCCCC4)cc3)n2)cc1. The van der Waals surface area contributed by atoms with Gasteiger partial charge in [0.15, 0.2) is 0 Å². The third kappa shape index (κ3) is 6.15. The highest BCUT2D eigenvalue weighted by molar-refractivity contribution is 5.63. The summed E-state index contributed by atoms with van der Waals surface area (Å²) in [5.41, 5.74) is 1.40. The smallest absolute Gasteiger partial charge is 0.421 e. The van der Waals surface area contributed by atoms with Crippen molar-refractivity contribution in [3.05, 3.63) is 65.9 Å². The lowest BCUT2D eigenvalue weighted by molar-refractivity contribution is -0.137. The minimum atomic E-state index is -4.59. The Hall–Kier alpha value is -3.29. The van der Waals surface area contributed by atoms with E-state index in [9.17, 15) is 13.2 Å². The Kier molecular flexibility index (Phi) is 7.01. The summed E-state index contributed by atoms with van der Waals surface area (Å²) in [6.45, 7) is 2.05. The van der Waals surface area contributed by atoms with Crippen LogP contribution in [0.25, 0.3) is 0 Å². The van der Waals surface area contributed by atoms with Crippen LogP contribution in [0.4, 0.5) is 36.3 Å². The molecule has 4 rings (SSSR count). The molecule has 1 aliphatic rings. The van der Waals surface area contributed by atoms with Gasteiger partial charge in [-0.25, -0.2) is 4.98 Å². The summed E-state index contributed by atoms with van der Waals surface area (Å²) in [7, 11) is 0. The monoisotopic (exact) mass is 456 g/mol. The van der Waals surface area contributed by atoms with Crippen LogP contribution in [0.2, 0.25) is 0 Å². The lowest BCUT2D eigenvalue weighted by atomic mass is 9.98. The van der Waals surface area contributed by atoms with Crippen molar-refractivity contribution < 1.29 is 17.9 Å². The van der Waals surface area contributed by atoms with E-state index in [-0.39, 0.29) is 17.9 Å². The number of aromatic nitrogens is 2. The van der Waals surface area contributed by atoms with E-state index in [4.69, 9.17) is 4.74 Å². The van der Waals surface area contributed by atoms with Crippen molar-refractivity contribution in [3.8, 4) is 5.75 Å². The molecule has 2 aromatic carbocycles. The maximum Gasteiger partial charge on any atom is 0.421 e. The number of nitrogens with one attached hydrogen (secondary N) is 2. The minimum absolute atomic E-state index is 0.0759. The van der Waals surface area contributed by atoms with E-state index in [0.29, 0.717) is 17.1 Å². The second-order valence-corrected chi connectivity index (χ2v) is 8.16. The summed E-state index contributed by atoms with van der Waals surface area (Å²) < 4.78 is 46.7. The van der Waals surface area contributed by atoms with Crippen LogP contribution in [-0.4, -0.2) is 16.1 Å². The number of ether oxygens (including phenoxy) is 1. The molecule has 0 amide bonds. The van der Waals surface area contributed by atoms with Gasteiger partial charge in [0.05, 0.1) is 6.10 Å². The predicted octanol–water partition coefficient (Wildman–Crippen LogP) is 7.26. The Labute approximate surface area is 191 Å². The van der Waals surface area contributed by atoms with E-state index in [1.54, 1.807) is 24.3 Å². The van der Waals surface area contributed by atoms with E-state index >= 15 is 0 Å². The quantitative estimate of drug-likeness (QED) is 0.392. The van der Waals surface area contributed by atoms with Crippen LogP contribution < -0.4 is 15.4 Å². The second kappa shape index (κ2) is 10.1. The Morgan fingerprint density at radius 3 is 2.18 bits per heavy atom. The number of rotatable bonds is 7. The fourth-order valence-corrected chi connectivity index (χ4v) is 3.83. The molecular formula is C25H27F3N4O. The second-order valence-electron chi connectivity index (χ2n) is 8.16. The number of aryl methyl sites for hydroxylation is 1. The molecule has 0 saturated heterocycles. The van der Waals surface area contributed by atoms with Gasteiger partial charge in [-0.1, -0.05) is 25.5 Å². The lowest BCUT2D eigenvalue weighted by Crippen LogP contribution is -2.19. The number of alkyl halides is 3. The third-order valence-corrected chi connectivity index (χ3v) is 5.68. The fraction of sp³-hybridized carbons (Fsp3) is 0.360. The zero-order valence-corrected chi connectivity index (χ0v) is 18.5. The number of hydrogen-bond acceptors (Lipinski definition) is 5. The third-order valence-electron chi connectivity index (χ3n) is 5.68. The van der Waals surface area contributed by atoms with E-state index in [0.717, 1.165) is 43.9 Å². The van der Waals surface area contributed by atoms with Crippen LogP contribution in [0.3, 0.4) is 0 Å². The number of hydrogen-bond donors (Lipinski definition) is 2. The van der Waals surface area contributed by atoms with Gasteiger partial charge in [0.2, 0.25) is 5.95 Å². The molecule has 33 heavy (non-hydrogen) atoms. The van der Waals surface area contributed by atoms with Crippen molar-refractivity contribution in [3.63, 3.8) is 0 Å². The molecule has 5 nitrogen and oxygen atoms in total. The molecule has 0 aliphatic heterocycles. The van der Waals surface area contributed by atoms with Crippen LogP contribution in [0.15, 0.2) is 54.7 Å². The first-order valence-corrected chi connectivity index (χ1v) is 11.2. The van der Waals surface area contributed by atoms with Crippen LogP contribution >= 0.6 is 0 Å². The van der Waals surface area contributed by atoms with Gasteiger partial charge in [0.1, 0.15) is 17.1 Å². The van der Waals surface area contributed by atoms with Crippen LogP contribution in [0.5, 0.6) is 5.75 Å². The largest absolute Gasteiger partial charge is 0.490 e. The molecule has 8 heteroatoms. The van der Waals surface area contributed by atoms with Gasteiger partial charge in [-0.3, -0.25) is 0 Å². The Morgan fingerprint density at radius 2 is 1.55 bits per heavy atom. The van der Waals surface area contributed by atoms with E-state index < -0.39 is 11.7 Å². The van der Waals surface area contributed by atoms with Crippen molar-refractivity contribution >= 4 is 23.1 Å². The summed E-state index contributed by atoms with van der Waals surface area (Å²) >= 11 is 0. The van der Waals surface area contributed by atoms with Crippen LogP contribution in [0.1, 0.15) is 50.2 Å². The van der Waals surface area contributed by atoms with Gasteiger partial charge in [0.25, 0.3) is 0 Å². The van der Waals surface area contributed by atoms with E-state index in [1.807, 2.05) is 31.2 Å². The Balaban J connectivity index is 1.51. The average Bonchev–Trinajstić information content (AvgIpc) is 2.81. The zero-order valence-electron chi connectivity index (χ0n) is 18.5. The summed E-state index contributed by atoms with van der Waals surface area (Å²) in [5.74, 6) is 0.474. The maximum absolute atomic E-state index is 13.6. The Bertz CT molecular complexity index is 1050. The molecule has 1 heterocycles. The van der Waals surface area contributed by atoms with Crippen molar-refractivity contribution in [1.82, 2.24) is 9.97 Å². The zero-order chi connectivity index (χ0) is 23.3. The molecule has 2 N–H and O–H groups in total. The molecule has 0 radical (unpaired) electrons. The molecule has 1 fully saturated rings. The number of halogens is 3. The van der Waals surface area contributed by atoms with Gasteiger partial charge >= 0.3 is 6.18 Å². The maximum atomic E-state index is 13.6. The van der Waals surface area contributed by atoms with Crippen molar-refractivity contribution in [1.29, 1.82) is 0 Å². The first-order chi connectivity index (χ1) is 15.9. The normalized spacial score (nSPS) is 14.7. The van der Waals surface area contributed by atoms with Gasteiger partial charge in [0, 0.05) is 17.6 Å². The number of benzene rings is 2. The average molecular weight is 457 g/mol. The predicted molar refractivity (Wildman–Crippen MR) is 123 cm³/mol. The number of anilines is 4. The molecule has 0 atom stereocenters. The summed E-state index contributed by atoms with van der Waals surface area (Å²) in [6, 6.07) is 14.5. The van der Waals surface area contributed by atoms with E-state index in [2.05, 4.69) is 20.6 Å². The van der Waals surface area contributed by atoms with Crippen LogP contribution in [0, 0.1) is 0 Å². The van der Waals surface area contributed by atoms with Gasteiger partial charge in [-0.2, -0.15) is 18.2 Å². The van der Waals surface area contributed by atoms with Crippen molar-refractivity contribution in [2.24, 2.45) is 0 Å². The highest BCUT2D eigenvalue weighted by Crippen LogP contribution is 2.35. The minimum Gasteiger partial charge on any atom is -0.490 e. The van der Waals surface area contributed by atoms with Crippen LogP contribution in [-0.2, 0) is 12.6 Å². The Morgan fingerprint density at radius 1 is 0.909 bits per heavy atom. The van der Waals surface area contributed by atoms with Gasteiger partial charge < -0.3 is 15.4 Å². The molecule has 0 unspecified atom stereocenters. The van der Waals surface area contributed by atoms with E-state index in [1.165, 1.54) is 6.42 Å². The van der Waals surface area contributed by atoms with Crippen molar-refractivity contribution in [2.45, 2.75) is 57.7 Å². The molecule has 3 aromatic rings. The van der Waals surface area contributed by atoms with Crippen molar-refractivity contribution in [2.75, 3.05) is 10.6 Å². The molecule has 1 aromatic heterocycles. The summed E-state index contributed by atoms with van der Waals surface area (Å²) in [5, 5.41) is 5.75. The summed E-state index contributed by atoms with van der Waals surface area (Å²) in [6.07, 6.45) is 2.94. The number of nitrogens with zero attached hydrogens (tertiary/aromatic N) is 2. The highest BCUT2D eigenvalue weighted by atomic mass is 19.4. The fourth-order valence-electron chi connectivity index (χ4n) is 3.83. The molecule has 0 bridgehead atoms. The topological polar surface area (TPSA) is 59.1 Å². The highest BCUT2D eigenvalue weighted by Gasteiger charge is 2.35. The van der Waals surface area contributed by atoms with Gasteiger partial charge in [-0.05, 0) is 74.1 Å².